The molecule has 2 atom stereocenters. The highest BCUT2D eigenvalue weighted by atomic mass is 32.2. The van der Waals surface area contributed by atoms with E-state index in [1.807, 2.05) is 24.0 Å². The van der Waals surface area contributed by atoms with Gasteiger partial charge in [0.25, 0.3) is 21.6 Å². The second kappa shape index (κ2) is 19.4. The summed E-state index contributed by atoms with van der Waals surface area (Å²) in [6, 6.07) is 20.0. The molecule has 11 rings (SSSR count). The minimum atomic E-state index is -4.65. The van der Waals surface area contributed by atoms with Gasteiger partial charge in [0.1, 0.15) is 17.2 Å². The van der Waals surface area contributed by atoms with Crippen LogP contribution in [-0.2, 0) is 19.5 Å². The normalized spacial score (nSPS) is 24.6. The molecule has 5 fully saturated rings. The third-order valence-corrected chi connectivity index (χ3v) is 18.2. The van der Waals surface area contributed by atoms with Gasteiger partial charge in [-0.3, -0.25) is 19.8 Å². The van der Waals surface area contributed by atoms with Crippen molar-refractivity contribution in [3.63, 3.8) is 0 Å². The number of hydrogen-bond donors (Lipinski definition) is 4. The number of ether oxygens (including phenoxy) is 2. The molecule has 19 heteroatoms. The molecule has 2 aliphatic carbocycles. The maximum atomic E-state index is 15.3. The first-order chi connectivity index (χ1) is 35.1. The van der Waals surface area contributed by atoms with Crippen LogP contribution in [0.5, 0.6) is 0 Å². The van der Waals surface area contributed by atoms with Gasteiger partial charge in [-0.2, -0.15) is 0 Å². The molecule has 17 nitrogen and oxygen atoms in total. The van der Waals surface area contributed by atoms with Crippen molar-refractivity contribution in [2.45, 2.75) is 107 Å². The number of morpholine rings is 2. The topological polar surface area (TPSA) is 199 Å². The maximum Gasteiger partial charge on any atom is 0.293 e. The summed E-state index contributed by atoms with van der Waals surface area (Å²) in [5, 5.41) is 26.2. The van der Waals surface area contributed by atoms with Crippen LogP contribution in [0.1, 0.15) is 106 Å². The van der Waals surface area contributed by atoms with E-state index >= 15 is 4.39 Å². The van der Waals surface area contributed by atoms with Crippen LogP contribution < -0.4 is 24.7 Å². The molecule has 73 heavy (non-hydrogen) atoms. The van der Waals surface area contributed by atoms with Crippen LogP contribution in [0.2, 0.25) is 0 Å². The Morgan fingerprint density at radius 2 is 1.71 bits per heavy atom. The lowest BCUT2D eigenvalue weighted by Gasteiger charge is -2.57. The Bertz CT molecular complexity index is 3010. The van der Waals surface area contributed by atoms with Crippen molar-refractivity contribution in [1.82, 2.24) is 19.6 Å². The summed E-state index contributed by atoms with van der Waals surface area (Å²) in [4.78, 5) is 42.9. The molecule has 1 spiro atoms. The summed E-state index contributed by atoms with van der Waals surface area (Å²) in [5.74, 6) is -0.219. The SMILES string of the molecule is CC(C)c1ccccc1[C@@H]1COCCN1C1CC2(CCN(c3ccc(C(=O)NS(=O)(=O)c4ccc(NC[C@H]5CC[C@](C)(O)CC5)c([N+](=O)[O-])c4)c(N4C[C@H]5COCCN5c5nc6[nH]cc(F)c6cc54)c3)CC2)C1. The number of pyridine rings is 1. The van der Waals surface area contributed by atoms with Crippen LogP contribution in [0.4, 0.5) is 38.6 Å². The number of nitrogens with zero attached hydrogens (tertiary/aromatic N) is 6. The largest absolute Gasteiger partial charge is 0.390 e. The number of rotatable bonds is 12. The zero-order chi connectivity index (χ0) is 50.8. The Morgan fingerprint density at radius 3 is 2.48 bits per heavy atom. The fraction of sp³-hybridized carbons (Fsp3) is 0.519. The number of aromatic amines is 1. The smallest absolute Gasteiger partial charge is 0.293 e. The number of anilines is 5. The number of aliphatic hydroxyl groups is 1. The van der Waals surface area contributed by atoms with Gasteiger partial charge in [0.15, 0.2) is 5.82 Å². The number of carbonyl (C=O) groups excluding carboxylic acids is 1. The summed E-state index contributed by atoms with van der Waals surface area (Å²) in [5.41, 5.74) is 4.21. The van der Waals surface area contributed by atoms with Crippen molar-refractivity contribution in [2.75, 3.05) is 85.7 Å². The first-order valence-corrected chi connectivity index (χ1v) is 27.5. The number of carbonyl (C=O) groups is 1. The van der Waals surface area contributed by atoms with Gasteiger partial charge in [-0.15, -0.1) is 0 Å². The highest BCUT2D eigenvalue weighted by molar-refractivity contribution is 7.90. The minimum absolute atomic E-state index is 0.0479. The molecule has 5 aromatic rings. The highest BCUT2D eigenvalue weighted by Gasteiger charge is 2.50. The van der Waals surface area contributed by atoms with Gasteiger partial charge in [-0.05, 0) is 123 Å². The Kier molecular flexibility index (Phi) is 13.1. The van der Waals surface area contributed by atoms with E-state index in [-0.39, 0.29) is 40.1 Å². The van der Waals surface area contributed by atoms with E-state index in [9.17, 15) is 28.4 Å². The van der Waals surface area contributed by atoms with Crippen molar-refractivity contribution in [2.24, 2.45) is 11.3 Å². The average molecular weight is 1020 g/mol. The molecule has 0 bridgehead atoms. The van der Waals surface area contributed by atoms with Crippen molar-refractivity contribution in [3.8, 4) is 0 Å². The predicted octanol–water partition coefficient (Wildman–Crippen LogP) is 8.38. The first-order valence-electron chi connectivity index (χ1n) is 26.0. The first kappa shape index (κ1) is 49.4. The number of nitrogens with one attached hydrogen (secondary N) is 3. The van der Waals surface area contributed by atoms with Gasteiger partial charge >= 0.3 is 0 Å². The van der Waals surface area contributed by atoms with Gasteiger partial charge < -0.3 is 39.6 Å². The summed E-state index contributed by atoms with van der Waals surface area (Å²) in [6.45, 7) is 12.4. The number of fused-ring (bicyclic) bond motifs is 4. The van der Waals surface area contributed by atoms with Crippen LogP contribution in [0.15, 0.2) is 77.8 Å². The molecule has 4 aliphatic heterocycles. The van der Waals surface area contributed by atoms with E-state index < -0.39 is 42.9 Å². The van der Waals surface area contributed by atoms with Crippen molar-refractivity contribution < 1.29 is 37.1 Å². The van der Waals surface area contributed by atoms with E-state index in [0.717, 1.165) is 76.5 Å². The third kappa shape index (κ3) is 9.62. The van der Waals surface area contributed by atoms with Gasteiger partial charge in [0, 0.05) is 63.3 Å². The van der Waals surface area contributed by atoms with Gasteiger partial charge in [-0.25, -0.2) is 22.5 Å². The number of H-pyrrole nitrogens is 1. The zero-order valence-electron chi connectivity index (χ0n) is 41.8. The van der Waals surface area contributed by atoms with Gasteiger partial charge in [0.2, 0.25) is 0 Å². The van der Waals surface area contributed by atoms with Crippen LogP contribution >= 0.6 is 0 Å². The molecule has 6 heterocycles. The summed E-state index contributed by atoms with van der Waals surface area (Å²) < 4.78 is 57.9. The monoisotopic (exact) mass is 1020 g/mol. The zero-order valence-corrected chi connectivity index (χ0v) is 42.6. The van der Waals surface area contributed by atoms with Crippen LogP contribution in [0.3, 0.4) is 0 Å². The van der Waals surface area contributed by atoms with E-state index in [0.29, 0.717) is 87.1 Å². The van der Waals surface area contributed by atoms with E-state index in [1.165, 1.54) is 29.5 Å². The molecule has 2 saturated carbocycles. The second-order valence-corrected chi connectivity index (χ2v) is 23.6. The highest BCUT2D eigenvalue weighted by Crippen LogP contribution is 2.54. The number of benzene rings is 3. The number of nitro groups is 1. The predicted molar refractivity (Wildman–Crippen MR) is 278 cm³/mol. The Hall–Kier alpha value is -5.86. The third-order valence-electron chi connectivity index (χ3n) is 16.9. The van der Waals surface area contributed by atoms with Crippen LogP contribution in [-0.4, -0.2) is 123 Å². The molecule has 4 N–H and O–H groups in total. The van der Waals surface area contributed by atoms with Gasteiger partial charge in [0.05, 0.1) is 76.3 Å². The summed E-state index contributed by atoms with van der Waals surface area (Å²) in [7, 11) is -4.65. The minimum Gasteiger partial charge on any atom is -0.390 e. The number of aromatic nitrogens is 2. The van der Waals surface area contributed by atoms with Crippen LogP contribution in [0, 0.1) is 27.3 Å². The fourth-order valence-electron chi connectivity index (χ4n) is 12.6. The number of piperidine rings is 1. The number of halogens is 1. The molecule has 3 aromatic carbocycles. The van der Waals surface area contributed by atoms with E-state index in [2.05, 4.69) is 67.8 Å². The number of hydrogen-bond acceptors (Lipinski definition) is 14. The molecule has 3 saturated heterocycles. The quantitative estimate of drug-likeness (QED) is 0.0686. The van der Waals surface area contributed by atoms with Crippen LogP contribution in [0.25, 0.3) is 11.0 Å². The molecule has 1 amide bonds. The summed E-state index contributed by atoms with van der Waals surface area (Å²) in [6.07, 6.45) is 8.25. The lowest BCUT2D eigenvalue weighted by atomic mass is 9.59. The number of amides is 1. The Balaban J connectivity index is 0.866. The standard InChI is InChI=1S/C54H66FN9O8S/c1-34(2)40-6-4-5-7-41(40)49-33-72-22-20-61(49)37-27-54(28-37)16-18-60(19-17-54)36-8-10-42(46(24-36)63-31-38-32-71-23-21-62(38)51-48(63)26-43-44(55)30-57-50(43)58-51)52(65)59-73(69,70)39-9-11-45(47(25-39)64(67)68)56-29-35-12-14-53(3,66)15-13-35/h4-11,24-26,30,34-35,37-38,49,56,66H,12-23,27-29,31-33H2,1-3H3,(H,57,58)(H,59,65)/t35-,38-,49-,53-/m0/s1. The Morgan fingerprint density at radius 1 is 0.959 bits per heavy atom. The molecule has 2 aromatic heterocycles. The van der Waals surface area contributed by atoms with E-state index in [4.69, 9.17) is 14.5 Å². The fourth-order valence-corrected chi connectivity index (χ4v) is 13.6. The van der Waals surface area contributed by atoms with Crippen molar-refractivity contribution >= 4 is 61.2 Å². The number of nitro benzene ring substituents is 1. The average Bonchev–Trinajstić information content (AvgIpc) is 3.75. The molecular formula is C54H66FN9O8S. The Labute approximate surface area is 425 Å². The van der Waals surface area contributed by atoms with Crippen molar-refractivity contribution in [3.05, 3.63) is 106 Å². The molecule has 0 unspecified atom stereocenters. The summed E-state index contributed by atoms with van der Waals surface area (Å²) >= 11 is 0. The lowest BCUT2D eigenvalue weighted by molar-refractivity contribution is -0.384. The van der Waals surface area contributed by atoms with E-state index in [1.54, 1.807) is 12.1 Å². The molecule has 6 aliphatic rings. The number of sulfonamides is 1. The lowest BCUT2D eigenvalue weighted by Crippen LogP contribution is -2.58. The second-order valence-electron chi connectivity index (χ2n) is 22.0. The van der Waals surface area contributed by atoms with Crippen molar-refractivity contribution in [1.29, 1.82) is 0 Å². The molecular weight excluding hydrogens is 954 g/mol. The molecule has 388 valence electrons. The molecule has 0 radical (unpaired) electrons. The van der Waals surface area contributed by atoms with Gasteiger partial charge in [-0.1, -0.05) is 38.1 Å². The maximum absolute atomic E-state index is 15.3.